The first-order chi connectivity index (χ1) is 20.7. The van der Waals surface area contributed by atoms with Gasteiger partial charge >= 0.3 is 0 Å². The lowest BCUT2D eigenvalue weighted by Gasteiger charge is -2.21. The molecule has 9 rings (SSSR count). The summed E-state index contributed by atoms with van der Waals surface area (Å²) in [4.78, 5) is 0. The number of benzene rings is 8. The minimum Gasteiger partial charge on any atom is -0.0683 e. The molecule has 1 aliphatic rings. The second-order valence-electron chi connectivity index (χ2n) is 10.7. The Morgan fingerprint density at radius 2 is 0.881 bits per heavy atom. The normalized spacial score (nSPS) is 11.8. The summed E-state index contributed by atoms with van der Waals surface area (Å²) in [5.74, 6) is 0. The van der Waals surface area contributed by atoms with E-state index < -0.39 is 0 Å². The predicted octanol–water partition coefficient (Wildman–Crippen LogP) is 13.3. The van der Waals surface area contributed by atoms with Crippen LogP contribution in [0.4, 0.5) is 0 Å². The van der Waals surface area contributed by atoms with E-state index in [9.17, 15) is 0 Å². The molecule has 0 fully saturated rings. The molecule has 0 N–H and O–H groups in total. The Hall–Kier alpha value is -3.98. The third-order valence-corrected chi connectivity index (χ3v) is 10.5. The summed E-state index contributed by atoms with van der Waals surface area (Å²) in [6.45, 7) is 4.00. The average molecular weight is 666 g/mol. The van der Waals surface area contributed by atoms with Gasteiger partial charge in [0, 0.05) is 8.95 Å². The van der Waals surface area contributed by atoms with Gasteiger partial charge in [-0.2, -0.15) is 0 Å². The molecule has 0 bridgehead atoms. The molecule has 42 heavy (non-hydrogen) atoms. The van der Waals surface area contributed by atoms with Crippen molar-refractivity contribution in [1.29, 1.82) is 0 Å². The first-order valence-electron chi connectivity index (χ1n) is 14.5. The Balaban J connectivity index is 0.00000131. The summed E-state index contributed by atoms with van der Waals surface area (Å²) in [7, 11) is 0. The topological polar surface area (TPSA) is 0 Å². The minimum absolute atomic E-state index is 1.06. The van der Waals surface area contributed by atoms with Crippen LogP contribution in [0.15, 0.2) is 130 Å². The Morgan fingerprint density at radius 1 is 0.381 bits per heavy atom. The molecule has 0 saturated carbocycles. The first-order valence-corrected chi connectivity index (χ1v) is 16.1. The molecule has 0 saturated heterocycles. The molecule has 0 amide bonds. The van der Waals surface area contributed by atoms with E-state index in [4.69, 9.17) is 0 Å². The molecule has 0 nitrogen and oxygen atoms in total. The molecule has 1 aliphatic carbocycles. The highest BCUT2D eigenvalue weighted by molar-refractivity contribution is 9.13. The maximum absolute atomic E-state index is 3.85. The molecule has 0 heterocycles. The molecular formula is C40H26Br2. The zero-order valence-electron chi connectivity index (χ0n) is 23.3. The fraction of sp³-hybridized carbons (Fsp3) is 0.0500. The third-order valence-electron chi connectivity index (χ3n) is 8.64. The summed E-state index contributed by atoms with van der Waals surface area (Å²) in [6, 6.07) is 44.8. The Bertz CT molecular complexity index is 2320. The molecule has 8 aromatic rings. The minimum atomic E-state index is 1.06. The van der Waals surface area contributed by atoms with Crippen LogP contribution in [-0.4, -0.2) is 0 Å². The van der Waals surface area contributed by atoms with Crippen LogP contribution in [0.2, 0.25) is 0 Å². The maximum Gasteiger partial charge on any atom is 0.0324 e. The molecule has 0 radical (unpaired) electrons. The molecule has 0 atom stereocenters. The Morgan fingerprint density at radius 3 is 1.48 bits per heavy atom. The highest BCUT2D eigenvalue weighted by Gasteiger charge is 2.32. The van der Waals surface area contributed by atoms with Gasteiger partial charge in [0.25, 0.3) is 0 Å². The second kappa shape index (κ2) is 9.80. The van der Waals surface area contributed by atoms with Gasteiger partial charge in [0.2, 0.25) is 0 Å². The van der Waals surface area contributed by atoms with E-state index in [1.807, 2.05) is 13.8 Å². The van der Waals surface area contributed by atoms with E-state index in [-0.39, 0.29) is 0 Å². The lowest BCUT2D eigenvalue weighted by Crippen LogP contribution is -1.94. The molecule has 0 aliphatic heterocycles. The van der Waals surface area contributed by atoms with E-state index in [2.05, 4.69) is 153 Å². The number of hydrogen-bond acceptors (Lipinski definition) is 0. The van der Waals surface area contributed by atoms with Crippen LogP contribution in [0.3, 0.4) is 0 Å². The van der Waals surface area contributed by atoms with Gasteiger partial charge in [-0.15, -0.1) is 0 Å². The fourth-order valence-corrected chi connectivity index (χ4v) is 7.77. The molecule has 200 valence electrons. The summed E-state index contributed by atoms with van der Waals surface area (Å²) in [6.07, 6.45) is 0. The van der Waals surface area contributed by atoms with E-state index >= 15 is 0 Å². The lowest BCUT2D eigenvalue weighted by molar-refractivity contribution is 1.50. The number of fused-ring (bicyclic) bond motifs is 4. The van der Waals surface area contributed by atoms with Gasteiger partial charge in [-0.1, -0.05) is 117 Å². The zero-order valence-corrected chi connectivity index (χ0v) is 26.5. The van der Waals surface area contributed by atoms with Crippen molar-refractivity contribution in [2.45, 2.75) is 13.8 Å². The molecule has 0 aromatic heterocycles. The van der Waals surface area contributed by atoms with Crippen molar-refractivity contribution in [3.8, 4) is 44.5 Å². The van der Waals surface area contributed by atoms with Crippen LogP contribution >= 0.6 is 31.9 Å². The van der Waals surface area contributed by atoms with Crippen LogP contribution in [0.1, 0.15) is 13.8 Å². The lowest BCUT2D eigenvalue weighted by atomic mass is 9.82. The van der Waals surface area contributed by atoms with Crippen LogP contribution < -0.4 is 0 Å². The van der Waals surface area contributed by atoms with E-state index in [0.29, 0.717) is 0 Å². The van der Waals surface area contributed by atoms with Crippen LogP contribution in [-0.2, 0) is 0 Å². The fourth-order valence-electron chi connectivity index (χ4n) is 7.08. The largest absolute Gasteiger partial charge is 0.0683 e. The number of hydrogen-bond donors (Lipinski definition) is 0. The third kappa shape index (κ3) is 3.52. The van der Waals surface area contributed by atoms with Crippen molar-refractivity contribution in [3.63, 3.8) is 0 Å². The van der Waals surface area contributed by atoms with Crippen LogP contribution in [0.25, 0.3) is 87.6 Å². The summed E-state index contributed by atoms with van der Waals surface area (Å²) in [5, 5.41) is 10.5. The average Bonchev–Trinajstić information content (AvgIpc) is 3.36. The van der Waals surface area contributed by atoms with E-state index in [1.54, 1.807) is 0 Å². The summed E-state index contributed by atoms with van der Waals surface area (Å²) >= 11 is 7.69. The van der Waals surface area contributed by atoms with Crippen molar-refractivity contribution >= 4 is 74.9 Å². The van der Waals surface area contributed by atoms with Crippen molar-refractivity contribution in [2.75, 3.05) is 0 Å². The van der Waals surface area contributed by atoms with E-state index in [1.165, 1.54) is 87.6 Å². The molecule has 2 heteroatoms. The molecular weight excluding hydrogens is 640 g/mol. The molecule has 8 aromatic carbocycles. The SMILES string of the molecule is Brc1cc2c(-c3ccccc3)c3c(c(-c4ccccc4)c2cc1Br)-c1cc2cccc4ccc5ccc-3c1c5c42.CC. The van der Waals surface area contributed by atoms with Crippen LogP contribution in [0.5, 0.6) is 0 Å². The second-order valence-corrected chi connectivity index (χ2v) is 12.4. The maximum atomic E-state index is 3.85. The molecule has 0 unspecified atom stereocenters. The number of halogens is 2. The summed E-state index contributed by atoms with van der Waals surface area (Å²) in [5.41, 5.74) is 10.4. The van der Waals surface area contributed by atoms with Crippen LogP contribution in [0, 0.1) is 0 Å². The monoisotopic (exact) mass is 664 g/mol. The van der Waals surface area contributed by atoms with Gasteiger partial charge in [0.15, 0.2) is 0 Å². The van der Waals surface area contributed by atoms with Gasteiger partial charge in [-0.3, -0.25) is 0 Å². The van der Waals surface area contributed by atoms with Gasteiger partial charge < -0.3 is 0 Å². The highest BCUT2D eigenvalue weighted by Crippen LogP contribution is 2.59. The Kier molecular flexibility index (Phi) is 6.00. The standard InChI is InChI=1S/C38H20Br2.C2H6/c39-30-19-27-28(20-31(30)40)34(22-10-5-2-6-11-22)38-29-18-25-13-7-12-23-14-15-24-16-17-26(36(29)35(24)32(23)25)37(38)33(27)21-8-3-1-4-9-21;1-2/h1-20H;1-2H3. The summed E-state index contributed by atoms with van der Waals surface area (Å²) < 4.78 is 2.11. The number of rotatable bonds is 2. The first kappa shape index (κ1) is 25.7. The van der Waals surface area contributed by atoms with Gasteiger partial charge in [-0.05, 0) is 138 Å². The van der Waals surface area contributed by atoms with E-state index in [0.717, 1.165) is 8.95 Å². The quantitative estimate of drug-likeness (QED) is 0.161. The van der Waals surface area contributed by atoms with Gasteiger partial charge in [0.1, 0.15) is 0 Å². The van der Waals surface area contributed by atoms with Crippen molar-refractivity contribution < 1.29 is 0 Å². The predicted molar refractivity (Wildman–Crippen MR) is 190 cm³/mol. The highest BCUT2D eigenvalue weighted by atomic mass is 79.9. The van der Waals surface area contributed by atoms with Gasteiger partial charge in [0.05, 0.1) is 0 Å². The van der Waals surface area contributed by atoms with Gasteiger partial charge in [-0.25, -0.2) is 0 Å². The van der Waals surface area contributed by atoms with Crippen molar-refractivity contribution in [3.05, 3.63) is 130 Å². The van der Waals surface area contributed by atoms with Crippen molar-refractivity contribution in [1.82, 2.24) is 0 Å². The smallest absolute Gasteiger partial charge is 0.0324 e. The Labute approximate surface area is 262 Å². The molecule has 0 spiro atoms. The van der Waals surface area contributed by atoms with Crippen molar-refractivity contribution in [2.24, 2.45) is 0 Å². The zero-order chi connectivity index (χ0) is 28.5.